The molecule has 0 spiro atoms. The Balaban J connectivity index is 1.59. The Morgan fingerprint density at radius 3 is 2.52 bits per heavy atom. The van der Waals surface area contributed by atoms with Crippen molar-refractivity contribution >= 4 is 22.4 Å². The average molecular weight is 419 g/mol. The van der Waals surface area contributed by atoms with Gasteiger partial charge in [0, 0.05) is 17.0 Å². The molecule has 3 aromatic carbocycles. The van der Waals surface area contributed by atoms with Crippen LogP contribution in [0.15, 0.2) is 36.4 Å². The van der Waals surface area contributed by atoms with Crippen LogP contribution in [0.3, 0.4) is 0 Å². The highest BCUT2D eigenvalue weighted by molar-refractivity contribution is 6.10. The fourth-order valence-electron chi connectivity index (χ4n) is 4.79. The van der Waals surface area contributed by atoms with Gasteiger partial charge in [0.1, 0.15) is 12.4 Å². The van der Waals surface area contributed by atoms with E-state index in [0.717, 1.165) is 47.0 Å². The summed E-state index contributed by atoms with van der Waals surface area (Å²) in [5, 5.41) is 5.59. The number of cyclic esters (lactones) is 1. The highest BCUT2D eigenvalue weighted by Crippen LogP contribution is 2.41. The van der Waals surface area contributed by atoms with Crippen LogP contribution in [-0.4, -0.2) is 33.3 Å². The van der Waals surface area contributed by atoms with Gasteiger partial charge in [0.2, 0.25) is 0 Å². The zero-order chi connectivity index (χ0) is 21.5. The van der Waals surface area contributed by atoms with Crippen molar-refractivity contribution in [3.8, 4) is 17.2 Å². The number of rotatable bonds is 5. The molecule has 3 aromatic rings. The summed E-state index contributed by atoms with van der Waals surface area (Å²) >= 11 is 0. The van der Waals surface area contributed by atoms with Crippen molar-refractivity contribution in [3.63, 3.8) is 0 Å². The predicted molar refractivity (Wildman–Crippen MR) is 119 cm³/mol. The number of esters is 1. The summed E-state index contributed by atoms with van der Waals surface area (Å²) in [6.45, 7) is 0.290. The molecule has 1 atom stereocenters. The number of fused-ring (bicyclic) bond motifs is 3. The number of anilines is 1. The maximum Gasteiger partial charge on any atom is 0.341 e. The fraction of sp³-hybridized carbons (Fsp3) is 0.320. The number of nitrogens with one attached hydrogen (secondary N) is 1. The van der Waals surface area contributed by atoms with Gasteiger partial charge in [-0.15, -0.1) is 0 Å². The standard InChI is InChI=1S/C25H25NO5/c1-28-20-6-4-5-14-10-17(7-8-18(14)20)26-24-19-12-22(30-3)21(29-2)11-15(19)9-16-13-31-25(27)23(16)24/h4-6,9,11-12,17,26H,7-8,10,13H2,1-3H3. The van der Waals surface area contributed by atoms with E-state index in [-0.39, 0.29) is 18.6 Å². The third-order valence-electron chi connectivity index (χ3n) is 6.30. The second-order valence-corrected chi connectivity index (χ2v) is 7.97. The summed E-state index contributed by atoms with van der Waals surface area (Å²) in [6, 6.07) is 12.3. The monoisotopic (exact) mass is 419 g/mol. The van der Waals surface area contributed by atoms with Gasteiger partial charge in [-0.25, -0.2) is 4.79 Å². The van der Waals surface area contributed by atoms with Crippen LogP contribution in [-0.2, 0) is 24.2 Å². The van der Waals surface area contributed by atoms with Crippen LogP contribution in [0.4, 0.5) is 5.69 Å². The van der Waals surface area contributed by atoms with Crippen molar-refractivity contribution < 1.29 is 23.7 Å². The molecule has 31 heavy (non-hydrogen) atoms. The van der Waals surface area contributed by atoms with E-state index in [1.807, 2.05) is 30.3 Å². The first kappa shape index (κ1) is 19.5. The van der Waals surface area contributed by atoms with Crippen LogP contribution in [0.5, 0.6) is 17.2 Å². The lowest BCUT2D eigenvalue weighted by molar-refractivity contribution is 0.0536. The first-order valence-corrected chi connectivity index (χ1v) is 10.4. The summed E-state index contributed by atoms with van der Waals surface area (Å²) < 4.78 is 21.9. The van der Waals surface area contributed by atoms with Crippen molar-refractivity contribution in [3.05, 3.63) is 58.7 Å². The van der Waals surface area contributed by atoms with Crippen LogP contribution in [0.25, 0.3) is 10.8 Å². The van der Waals surface area contributed by atoms with Crippen molar-refractivity contribution in [2.45, 2.75) is 31.9 Å². The molecular weight excluding hydrogens is 394 g/mol. The van der Waals surface area contributed by atoms with E-state index in [4.69, 9.17) is 18.9 Å². The zero-order valence-corrected chi connectivity index (χ0v) is 17.9. The largest absolute Gasteiger partial charge is 0.496 e. The Labute approximate surface area is 181 Å². The molecule has 6 heteroatoms. The molecule has 0 fully saturated rings. The number of methoxy groups -OCH3 is 3. The van der Waals surface area contributed by atoms with Crippen molar-refractivity contribution in [1.29, 1.82) is 0 Å². The SMILES string of the molecule is COc1cc2cc3c(c(NC4CCc5c(cccc5OC)C4)c2cc1OC)C(=O)OC3. The van der Waals surface area contributed by atoms with Crippen molar-refractivity contribution in [2.75, 3.05) is 26.6 Å². The normalized spacial score (nSPS) is 17.0. The molecule has 0 aromatic heterocycles. The smallest absolute Gasteiger partial charge is 0.341 e. The van der Waals surface area contributed by atoms with Gasteiger partial charge in [-0.2, -0.15) is 0 Å². The molecule has 2 aliphatic rings. The second-order valence-electron chi connectivity index (χ2n) is 7.97. The van der Waals surface area contributed by atoms with E-state index in [2.05, 4.69) is 11.4 Å². The minimum atomic E-state index is -0.285. The molecule has 1 unspecified atom stereocenters. The molecule has 0 saturated carbocycles. The lowest BCUT2D eigenvalue weighted by Gasteiger charge is -2.28. The number of ether oxygens (including phenoxy) is 4. The number of benzene rings is 3. The third kappa shape index (κ3) is 3.23. The molecular formula is C25H25NO5. The highest BCUT2D eigenvalue weighted by atomic mass is 16.5. The molecule has 0 bridgehead atoms. The predicted octanol–water partition coefficient (Wildman–Crippen LogP) is 4.51. The molecule has 1 aliphatic carbocycles. The third-order valence-corrected chi connectivity index (χ3v) is 6.30. The topological polar surface area (TPSA) is 66.0 Å². The van der Waals surface area contributed by atoms with Crippen LogP contribution in [0, 0.1) is 0 Å². The lowest BCUT2D eigenvalue weighted by Crippen LogP contribution is -2.28. The van der Waals surface area contributed by atoms with Crippen LogP contribution in [0.1, 0.15) is 33.5 Å². The first-order chi connectivity index (χ1) is 15.1. The maximum absolute atomic E-state index is 12.6. The van der Waals surface area contributed by atoms with E-state index in [1.165, 1.54) is 11.1 Å². The minimum absolute atomic E-state index is 0.191. The summed E-state index contributed by atoms with van der Waals surface area (Å²) in [4.78, 5) is 12.6. The molecule has 1 N–H and O–H groups in total. The molecule has 1 aliphatic heterocycles. The molecule has 1 heterocycles. The Morgan fingerprint density at radius 2 is 1.74 bits per heavy atom. The van der Waals surface area contributed by atoms with Crippen LogP contribution in [0.2, 0.25) is 0 Å². The molecule has 5 rings (SSSR count). The van der Waals surface area contributed by atoms with Gasteiger partial charge >= 0.3 is 5.97 Å². The molecule has 0 radical (unpaired) electrons. The maximum atomic E-state index is 12.6. The number of carbonyl (C=O) groups excluding carboxylic acids is 1. The fourth-order valence-corrected chi connectivity index (χ4v) is 4.79. The second kappa shape index (κ2) is 7.69. The van der Waals surface area contributed by atoms with Crippen LogP contribution < -0.4 is 19.5 Å². The summed E-state index contributed by atoms with van der Waals surface area (Å²) in [6.07, 6.45) is 2.73. The van der Waals surface area contributed by atoms with E-state index in [0.29, 0.717) is 17.1 Å². The van der Waals surface area contributed by atoms with Crippen molar-refractivity contribution in [1.82, 2.24) is 0 Å². The first-order valence-electron chi connectivity index (χ1n) is 10.4. The van der Waals surface area contributed by atoms with E-state index in [1.54, 1.807) is 21.3 Å². The Kier molecular flexibility index (Phi) is 4.85. The average Bonchev–Trinajstić information content (AvgIpc) is 3.17. The molecule has 160 valence electrons. The van der Waals surface area contributed by atoms with Gasteiger partial charge in [0.25, 0.3) is 0 Å². The quantitative estimate of drug-likeness (QED) is 0.614. The number of hydrogen-bond donors (Lipinski definition) is 1. The van der Waals surface area contributed by atoms with E-state index < -0.39 is 0 Å². The van der Waals surface area contributed by atoms with Gasteiger partial charge in [-0.1, -0.05) is 12.1 Å². The minimum Gasteiger partial charge on any atom is -0.496 e. The summed E-state index contributed by atoms with van der Waals surface area (Å²) in [5.41, 5.74) is 4.88. The highest BCUT2D eigenvalue weighted by Gasteiger charge is 2.30. The Bertz CT molecular complexity index is 1190. The molecule has 6 nitrogen and oxygen atoms in total. The van der Waals surface area contributed by atoms with Gasteiger partial charge in [0.15, 0.2) is 11.5 Å². The van der Waals surface area contributed by atoms with Gasteiger partial charge in [0.05, 0.1) is 32.6 Å². The van der Waals surface area contributed by atoms with E-state index in [9.17, 15) is 4.79 Å². The number of carbonyl (C=O) groups is 1. The van der Waals surface area contributed by atoms with Crippen molar-refractivity contribution in [2.24, 2.45) is 0 Å². The van der Waals surface area contributed by atoms with E-state index >= 15 is 0 Å². The Hall–Kier alpha value is -3.41. The molecule has 0 saturated heterocycles. The Morgan fingerprint density at radius 1 is 0.968 bits per heavy atom. The van der Waals surface area contributed by atoms with Crippen LogP contribution >= 0.6 is 0 Å². The summed E-state index contributed by atoms with van der Waals surface area (Å²) in [7, 11) is 4.95. The van der Waals surface area contributed by atoms with Gasteiger partial charge in [-0.3, -0.25) is 0 Å². The lowest BCUT2D eigenvalue weighted by atomic mass is 9.87. The number of hydrogen-bond acceptors (Lipinski definition) is 6. The van der Waals surface area contributed by atoms with Gasteiger partial charge in [-0.05, 0) is 60.0 Å². The summed E-state index contributed by atoms with van der Waals surface area (Å²) in [5.74, 6) is 1.95. The molecule has 0 amide bonds. The zero-order valence-electron chi connectivity index (χ0n) is 17.9. The van der Waals surface area contributed by atoms with Gasteiger partial charge < -0.3 is 24.3 Å².